The maximum atomic E-state index is 8.72. The largest absolute Gasteiger partial charge is 0.346 e. The maximum Gasteiger partial charge on any atom is 0.141 e. The zero-order valence-corrected chi connectivity index (χ0v) is 10.4. The molecule has 0 aliphatic heterocycles. The van der Waals surface area contributed by atoms with Crippen LogP contribution in [0.4, 0.5) is 0 Å². The lowest BCUT2D eigenvalue weighted by molar-refractivity contribution is 0.500. The van der Waals surface area contributed by atoms with Gasteiger partial charge < -0.3 is 4.98 Å². The van der Waals surface area contributed by atoms with Gasteiger partial charge in [0.05, 0.1) is 30.4 Å². The number of hydrogen-bond donors (Lipinski definition) is 1. The normalized spacial score (nSPS) is 12.4. The highest BCUT2D eigenvalue weighted by atomic mass is 15.3. The van der Waals surface area contributed by atoms with Crippen molar-refractivity contribution in [3.63, 3.8) is 0 Å². The fraction of sp³-hybridized carbons (Fsp3) is 0.231. The number of nitrogens with one attached hydrogen (secondary N) is 1. The predicted molar refractivity (Wildman–Crippen MR) is 70.1 cm³/mol. The van der Waals surface area contributed by atoms with E-state index in [-0.39, 0.29) is 6.04 Å². The number of rotatable bonds is 3. The molecule has 3 aromatic heterocycles. The first kappa shape index (κ1) is 11.4. The average Bonchev–Trinajstić information content (AvgIpc) is 3.07. The highest BCUT2D eigenvalue weighted by Crippen LogP contribution is 2.25. The van der Waals surface area contributed by atoms with Gasteiger partial charge in [-0.1, -0.05) is 0 Å². The van der Waals surface area contributed by atoms with Gasteiger partial charge in [0.1, 0.15) is 12.0 Å². The lowest BCUT2D eigenvalue weighted by Crippen LogP contribution is -2.04. The molecular formula is C13H12N6. The summed E-state index contributed by atoms with van der Waals surface area (Å²) in [5.41, 5.74) is 2.58. The van der Waals surface area contributed by atoms with Crippen LogP contribution in [-0.4, -0.2) is 24.7 Å². The van der Waals surface area contributed by atoms with E-state index in [1.807, 2.05) is 25.4 Å². The number of nitrogens with zero attached hydrogens (tertiary/aromatic N) is 5. The van der Waals surface area contributed by atoms with Crippen molar-refractivity contribution in [3.8, 4) is 17.3 Å². The Morgan fingerprint density at radius 3 is 3.21 bits per heavy atom. The minimum atomic E-state index is 0.0577. The summed E-state index contributed by atoms with van der Waals surface area (Å²) in [5.74, 6) is 0. The first-order valence-electron chi connectivity index (χ1n) is 5.99. The Kier molecular flexibility index (Phi) is 2.72. The first-order valence-corrected chi connectivity index (χ1v) is 5.99. The topological polar surface area (TPSA) is 83.2 Å². The van der Waals surface area contributed by atoms with Crippen molar-refractivity contribution in [1.82, 2.24) is 24.7 Å². The number of fused-ring (bicyclic) bond motifs is 1. The molecule has 0 aliphatic carbocycles. The summed E-state index contributed by atoms with van der Waals surface area (Å²) in [6.07, 6.45) is 7.49. The third-order valence-corrected chi connectivity index (χ3v) is 3.07. The summed E-state index contributed by atoms with van der Waals surface area (Å²) < 4.78 is 1.79. The molecular weight excluding hydrogens is 240 g/mol. The molecule has 3 aromatic rings. The minimum Gasteiger partial charge on any atom is -0.346 e. The number of hydrogen-bond acceptors (Lipinski definition) is 4. The van der Waals surface area contributed by atoms with E-state index in [9.17, 15) is 0 Å². The van der Waals surface area contributed by atoms with E-state index in [4.69, 9.17) is 5.26 Å². The molecule has 0 aliphatic rings. The molecule has 0 radical (unpaired) electrons. The Morgan fingerprint density at radius 2 is 2.37 bits per heavy atom. The number of H-pyrrole nitrogens is 1. The molecule has 6 heteroatoms. The summed E-state index contributed by atoms with van der Waals surface area (Å²) in [4.78, 5) is 11.5. The van der Waals surface area contributed by atoms with Crippen LogP contribution in [0.1, 0.15) is 19.4 Å². The fourth-order valence-electron chi connectivity index (χ4n) is 2.03. The van der Waals surface area contributed by atoms with Gasteiger partial charge in [0, 0.05) is 23.3 Å². The predicted octanol–water partition coefficient (Wildman–Crippen LogP) is 2.30. The third-order valence-electron chi connectivity index (χ3n) is 3.07. The van der Waals surface area contributed by atoms with Crippen LogP contribution in [-0.2, 0) is 0 Å². The van der Waals surface area contributed by atoms with Gasteiger partial charge in [0.15, 0.2) is 0 Å². The molecule has 1 unspecified atom stereocenters. The first-order chi connectivity index (χ1) is 9.29. The van der Waals surface area contributed by atoms with Gasteiger partial charge in [-0.3, -0.25) is 4.68 Å². The van der Waals surface area contributed by atoms with Crippen molar-refractivity contribution in [2.24, 2.45) is 0 Å². The Morgan fingerprint density at radius 1 is 1.47 bits per heavy atom. The van der Waals surface area contributed by atoms with Crippen LogP contribution in [0.3, 0.4) is 0 Å². The van der Waals surface area contributed by atoms with Gasteiger partial charge in [-0.15, -0.1) is 0 Å². The van der Waals surface area contributed by atoms with Gasteiger partial charge in [0.2, 0.25) is 0 Å². The number of aromatic nitrogens is 5. The Balaban J connectivity index is 2.03. The summed E-state index contributed by atoms with van der Waals surface area (Å²) in [6, 6.07) is 4.15. The second-order valence-corrected chi connectivity index (χ2v) is 4.38. The highest BCUT2D eigenvalue weighted by Gasteiger charge is 2.11. The van der Waals surface area contributed by atoms with E-state index in [0.717, 1.165) is 22.3 Å². The van der Waals surface area contributed by atoms with E-state index in [1.165, 1.54) is 6.33 Å². The van der Waals surface area contributed by atoms with Crippen molar-refractivity contribution in [2.75, 3.05) is 0 Å². The van der Waals surface area contributed by atoms with E-state index in [1.54, 1.807) is 10.9 Å². The Labute approximate surface area is 109 Å². The van der Waals surface area contributed by atoms with Gasteiger partial charge in [0.25, 0.3) is 0 Å². The molecule has 0 aromatic carbocycles. The molecule has 0 bridgehead atoms. The van der Waals surface area contributed by atoms with Gasteiger partial charge in [-0.2, -0.15) is 10.4 Å². The van der Waals surface area contributed by atoms with Crippen LogP contribution in [0.15, 0.2) is 31.0 Å². The van der Waals surface area contributed by atoms with Crippen LogP contribution in [0.5, 0.6) is 0 Å². The standard InChI is InChI=1S/C13H12N6/c1-9(2-4-14)19-7-10(6-18-19)12-11-3-5-15-13(11)17-8-16-12/h3,5-9H,2H2,1H3,(H,15,16,17). The van der Waals surface area contributed by atoms with Gasteiger partial charge in [-0.25, -0.2) is 9.97 Å². The second-order valence-electron chi connectivity index (χ2n) is 4.38. The third kappa shape index (κ3) is 1.95. The van der Waals surface area contributed by atoms with Crippen LogP contribution in [0.2, 0.25) is 0 Å². The zero-order chi connectivity index (χ0) is 13.2. The highest BCUT2D eigenvalue weighted by molar-refractivity contribution is 5.89. The molecule has 1 atom stereocenters. The molecule has 3 rings (SSSR count). The number of aromatic amines is 1. The van der Waals surface area contributed by atoms with Crippen LogP contribution in [0.25, 0.3) is 22.3 Å². The summed E-state index contributed by atoms with van der Waals surface area (Å²) in [6.45, 7) is 1.96. The molecule has 3 heterocycles. The smallest absolute Gasteiger partial charge is 0.141 e. The quantitative estimate of drug-likeness (QED) is 0.775. The summed E-state index contributed by atoms with van der Waals surface area (Å²) in [7, 11) is 0. The minimum absolute atomic E-state index is 0.0577. The van der Waals surface area contributed by atoms with Gasteiger partial charge >= 0.3 is 0 Å². The zero-order valence-electron chi connectivity index (χ0n) is 10.4. The molecule has 0 saturated heterocycles. The lowest BCUT2D eigenvalue weighted by Gasteiger charge is -2.06. The van der Waals surface area contributed by atoms with Crippen LogP contribution in [0, 0.1) is 11.3 Å². The van der Waals surface area contributed by atoms with E-state index >= 15 is 0 Å². The van der Waals surface area contributed by atoms with Crippen LogP contribution >= 0.6 is 0 Å². The molecule has 1 N–H and O–H groups in total. The van der Waals surface area contributed by atoms with Gasteiger partial charge in [-0.05, 0) is 13.0 Å². The SMILES string of the molecule is CC(CC#N)n1cc(-c2ncnc3[nH]ccc23)cn1. The molecule has 0 spiro atoms. The molecule has 0 saturated carbocycles. The molecule has 19 heavy (non-hydrogen) atoms. The molecule has 94 valence electrons. The maximum absolute atomic E-state index is 8.72. The van der Waals surface area contributed by atoms with Crippen molar-refractivity contribution >= 4 is 11.0 Å². The van der Waals surface area contributed by atoms with Crippen molar-refractivity contribution in [3.05, 3.63) is 31.0 Å². The second kappa shape index (κ2) is 4.53. The monoisotopic (exact) mass is 252 g/mol. The van der Waals surface area contributed by atoms with Crippen LogP contribution < -0.4 is 0 Å². The van der Waals surface area contributed by atoms with E-state index in [2.05, 4.69) is 26.1 Å². The lowest BCUT2D eigenvalue weighted by atomic mass is 10.2. The summed E-state index contributed by atoms with van der Waals surface area (Å²) in [5, 5.41) is 14.0. The van der Waals surface area contributed by atoms with Crippen molar-refractivity contribution < 1.29 is 0 Å². The fourth-order valence-corrected chi connectivity index (χ4v) is 2.03. The van der Waals surface area contributed by atoms with Crippen molar-refractivity contribution in [2.45, 2.75) is 19.4 Å². The summed E-state index contributed by atoms with van der Waals surface area (Å²) >= 11 is 0. The molecule has 0 amide bonds. The van der Waals surface area contributed by atoms with E-state index < -0.39 is 0 Å². The average molecular weight is 252 g/mol. The Hall–Kier alpha value is -2.68. The Bertz CT molecular complexity index is 748. The molecule has 6 nitrogen and oxygen atoms in total. The number of nitriles is 1. The van der Waals surface area contributed by atoms with Crippen molar-refractivity contribution in [1.29, 1.82) is 5.26 Å². The molecule has 0 fully saturated rings. The van der Waals surface area contributed by atoms with E-state index in [0.29, 0.717) is 6.42 Å².